The van der Waals surface area contributed by atoms with Gasteiger partial charge >= 0.3 is 0 Å². The monoisotopic (exact) mass is 443 g/mol. The van der Waals surface area contributed by atoms with Crippen molar-refractivity contribution >= 4 is 45.8 Å². The van der Waals surface area contributed by atoms with Gasteiger partial charge in [-0.05, 0) is 48.6 Å². The highest BCUT2D eigenvalue weighted by Crippen LogP contribution is 2.52. The van der Waals surface area contributed by atoms with Crippen LogP contribution < -0.4 is 5.32 Å². The first-order valence-electron chi connectivity index (χ1n) is 8.38. The summed E-state index contributed by atoms with van der Waals surface area (Å²) in [5, 5.41) is 6.36. The zero-order chi connectivity index (χ0) is 15.7. The summed E-state index contributed by atoms with van der Waals surface area (Å²) in [6.45, 7) is 4.67. The van der Waals surface area contributed by atoms with Crippen molar-refractivity contribution in [3.05, 3.63) is 48.0 Å². The lowest BCUT2D eigenvalue weighted by Crippen LogP contribution is -2.58. The Labute approximate surface area is 160 Å². The summed E-state index contributed by atoms with van der Waals surface area (Å²) in [6, 6.07) is 16.4. The van der Waals surface area contributed by atoms with Crippen LogP contribution in [-0.4, -0.2) is 17.0 Å². The topological polar surface area (TPSA) is 12.0 Å². The maximum atomic E-state index is 3.65. The van der Waals surface area contributed by atoms with E-state index in [2.05, 4.69) is 91.3 Å². The third-order valence-corrected chi connectivity index (χ3v) is 7.07. The molecule has 3 heteroatoms. The summed E-state index contributed by atoms with van der Waals surface area (Å²) < 4.78 is 0.725. The van der Waals surface area contributed by atoms with Crippen LogP contribution in [0.25, 0.3) is 10.8 Å². The summed E-state index contributed by atoms with van der Waals surface area (Å²) in [5.74, 6) is 0.721. The Kier molecular flexibility index (Phi) is 6.37. The van der Waals surface area contributed by atoms with Gasteiger partial charge in [-0.1, -0.05) is 78.9 Å². The number of nitrogens with one attached hydrogen (secondary N) is 1. The highest BCUT2D eigenvalue weighted by molar-refractivity contribution is 14.1. The molecule has 0 aliphatic heterocycles. The van der Waals surface area contributed by atoms with Crippen LogP contribution in [0.4, 0.5) is 0 Å². The number of alkyl halides is 1. The Morgan fingerprint density at radius 1 is 1.17 bits per heavy atom. The van der Waals surface area contributed by atoms with Gasteiger partial charge in [-0.15, -0.1) is 12.4 Å². The molecule has 1 saturated carbocycles. The molecular formula is C20H27ClIN. The molecule has 0 saturated heterocycles. The summed E-state index contributed by atoms with van der Waals surface area (Å²) in [6.07, 6.45) is 3.88. The minimum atomic E-state index is 0. The van der Waals surface area contributed by atoms with Crippen LogP contribution in [0.1, 0.15) is 38.7 Å². The Hall–Kier alpha value is -0.320. The highest BCUT2D eigenvalue weighted by atomic mass is 127. The normalized spacial score (nSPS) is 25.0. The van der Waals surface area contributed by atoms with Gasteiger partial charge in [0.2, 0.25) is 0 Å². The second kappa shape index (κ2) is 7.71. The first-order valence-corrected chi connectivity index (χ1v) is 9.63. The van der Waals surface area contributed by atoms with Gasteiger partial charge in [0.15, 0.2) is 0 Å². The first-order chi connectivity index (χ1) is 10.6. The molecule has 1 nitrogen and oxygen atoms in total. The van der Waals surface area contributed by atoms with Crippen LogP contribution in [0.5, 0.6) is 0 Å². The van der Waals surface area contributed by atoms with Crippen LogP contribution in [-0.2, 0) is 5.41 Å². The van der Waals surface area contributed by atoms with E-state index in [1.165, 1.54) is 35.6 Å². The third kappa shape index (κ3) is 3.40. The average Bonchev–Trinajstić information content (AvgIpc) is 2.52. The molecule has 23 heavy (non-hydrogen) atoms. The van der Waals surface area contributed by atoms with Crippen molar-refractivity contribution in [2.24, 2.45) is 5.92 Å². The van der Waals surface area contributed by atoms with Gasteiger partial charge in [-0.3, -0.25) is 0 Å². The van der Waals surface area contributed by atoms with Gasteiger partial charge in [0.05, 0.1) is 0 Å². The van der Waals surface area contributed by atoms with Gasteiger partial charge < -0.3 is 5.32 Å². The van der Waals surface area contributed by atoms with Gasteiger partial charge in [0.1, 0.15) is 0 Å². The van der Waals surface area contributed by atoms with Gasteiger partial charge in [-0.25, -0.2) is 0 Å². The minimum Gasteiger partial charge on any atom is -0.316 e. The summed E-state index contributed by atoms with van der Waals surface area (Å²) in [7, 11) is 2.14. The van der Waals surface area contributed by atoms with Crippen LogP contribution in [0.15, 0.2) is 42.5 Å². The van der Waals surface area contributed by atoms with E-state index in [4.69, 9.17) is 0 Å². The molecule has 1 aliphatic carbocycles. The largest absolute Gasteiger partial charge is 0.316 e. The smallest absolute Gasteiger partial charge is 0.0224 e. The number of likely N-dealkylation sites (N-methyl/N-ethyl adjacent to an activating group) is 1. The molecule has 3 rings (SSSR count). The summed E-state index contributed by atoms with van der Waals surface area (Å²) in [4.78, 5) is 0. The molecule has 0 aromatic heterocycles. The van der Waals surface area contributed by atoms with Crippen LogP contribution in [0.2, 0.25) is 0 Å². The number of hydrogen-bond donors (Lipinski definition) is 1. The van der Waals surface area contributed by atoms with E-state index in [0.717, 1.165) is 9.84 Å². The fraction of sp³-hybridized carbons (Fsp3) is 0.500. The van der Waals surface area contributed by atoms with Crippen LogP contribution >= 0.6 is 35.0 Å². The van der Waals surface area contributed by atoms with Crippen LogP contribution in [0, 0.1) is 5.92 Å². The zero-order valence-corrected chi connectivity index (χ0v) is 17.2. The Balaban J connectivity index is 0.00000192. The molecule has 126 valence electrons. The lowest BCUT2D eigenvalue weighted by molar-refractivity contribution is 0.176. The predicted octanol–water partition coefficient (Wildman–Crippen LogP) is 5.73. The molecule has 1 fully saturated rings. The molecule has 1 N–H and O–H groups in total. The number of hydrogen-bond acceptors (Lipinski definition) is 1. The molecule has 2 aromatic carbocycles. The molecule has 0 bridgehead atoms. The summed E-state index contributed by atoms with van der Waals surface area (Å²) >= 11 is 2.68. The van der Waals surface area contributed by atoms with Crippen molar-refractivity contribution in [3.63, 3.8) is 0 Å². The standard InChI is InChI=1S/C20H26IN.ClH/c1-14(2)12-19(22-3)20(11-10-18(20)21)17-9-8-15-6-4-5-7-16(15)13-17;/h4-9,13-14,18-19,22H,10-12H2,1-3H3;1H. The van der Waals surface area contributed by atoms with E-state index in [-0.39, 0.29) is 12.4 Å². The number of benzene rings is 2. The van der Waals surface area contributed by atoms with E-state index in [9.17, 15) is 0 Å². The van der Waals surface area contributed by atoms with Crippen molar-refractivity contribution in [2.75, 3.05) is 7.05 Å². The minimum absolute atomic E-state index is 0. The van der Waals surface area contributed by atoms with Crippen molar-refractivity contribution in [1.29, 1.82) is 0 Å². The van der Waals surface area contributed by atoms with Crippen molar-refractivity contribution in [3.8, 4) is 0 Å². The van der Waals surface area contributed by atoms with Crippen molar-refractivity contribution in [2.45, 2.75) is 48.5 Å². The second-order valence-corrected chi connectivity index (χ2v) is 8.58. The van der Waals surface area contributed by atoms with E-state index in [0.29, 0.717) is 11.5 Å². The van der Waals surface area contributed by atoms with E-state index >= 15 is 0 Å². The first kappa shape index (κ1) is 19.0. The van der Waals surface area contributed by atoms with Crippen molar-refractivity contribution < 1.29 is 0 Å². The maximum absolute atomic E-state index is 3.65. The molecule has 1 aliphatic rings. The van der Waals surface area contributed by atoms with E-state index in [1.807, 2.05) is 0 Å². The quantitative estimate of drug-likeness (QED) is 0.459. The Bertz CT molecular complexity index is 657. The van der Waals surface area contributed by atoms with Crippen LogP contribution in [0.3, 0.4) is 0 Å². The Morgan fingerprint density at radius 3 is 2.39 bits per heavy atom. The molecule has 3 unspecified atom stereocenters. The third-order valence-electron chi connectivity index (χ3n) is 5.33. The molecule has 2 aromatic rings. The van der Waals surface area contributed by atoms with Gasteiger partial charge in [-0.2, -0.15) is 0 Å². The molecule has 3 atom stereocenters. The predicted molar refractivity (Wildman–Crippen MR) is 112 cm³/mol. The lowest BCUT2D eigenvalue weighted by Gasteiger charge is -2.53. The maximum Gasteiger partial charge on any atom is 0.0224 e. The SMILES string of the molecule is CNC(CC(C)C)C1(c2ccc3ccccc3c2)CCC1I.Cl. The number of fused-ring (bicyclic) bond motifs is 1. The molecule has 0 heterocycles. The summed E-state index contributed by atoms with van der Waals surface area (Å²) in [5.41, 5.74) is 1.82. The fourth-order valence-corrected chi connectivity index (χ4v) is 5.44. The van der Waals surface area contributed by atoms with Crippen molar-refractivity contribution in [1.82, 2.24) is 5.32 Å². The number of rotatable bonds is 5. The molecular weight excluding hydrogens is 417 g/mol. The molecule has 0 radical (unpaired) electrons. The second-order valence-electron chi connectivity index (χ2n) is 7.08. The Morgan fingerprint density at radius 2 is 1.87 bits per heavy atom. The highest BCUT2D eigenvalue weighted by Gasteiger charge is 2.51. The van der Waals surface area contributed by atoms with E-state index in [1.54, 1.807) is 0 Å². The van der Waals surface area contributed by atoms with E-state index < -0.39 is 0 Å². The number of halogens is 2. The fourth-order valence-electron chi connectivity index (χ4n) is 4.02. The van der Waals surface area contributed by atoms with Gasteiger partial charge in [0.25, 0.3) is 0 Å². The lowest BCUT2D eigenvalue weighted by atomic mass is 9.58. The van der Waals surface area contributed by atoms with Gasteiger partial charge in [0, 0.05) is 15.4 Å². The zero-order valence-electron chi connectivity index (χ0n) is 14.2. The molecule has 0 spiro atoms. The average molecular weight is 444 g/mol. The molecule has 0 amide bonds.